The average Bonchev–Trinajstić information content (AvgIpc) is 3.29. The van der Waals surface area contributed by atoms with Crippen LogP contribution in [0.3, 0.4) is 0 Å². The number of allylic oxidation sites excluding steroid dienone is 1. The lowest BCUT2D eigenvalue weighted by Crippen LogP contribution is -2.59. The topological polar surface area (TPSA) is 133 Å². The van der Waals surface area contributed by atoms with E-state index >= 15 is 0 Å². The van der Waals surface area contributed by atoms with Gasteiger partial charge in [-0.3, -0.25) is 4.79 Å². The molecule has 0 aromatic heterocycles. The molecule has 0 bridgehead atoms. The van der Waals surface area contributed by atoms with Gasteiger partial charge in [0.05, 0.1) is 31.0 Å². The summed E-state index contributed by atoms with van der Waals surface area (Å²) in [5.41, 5.74) is 0.256. The molecule has 10 heteroatoms. The minimum Gasteiger partial charge on any atom is -0.466 e. The van der Waals surface area contributed by atoms with Gasteiger partial charge in [0.15, 0.2) is 18.0 Å². The molecule has 6 aliphatic rings. The Bertz CT molecular complexity index is 1030. The van der Waals surface area contributed by atoms with Gasteiger partial charge in [-0.1, -0.05) is 18.6 Å². The van der Waals surface area contributed by atoms with E-state index in [0.717, 1.165) is 24.8 Å². The lowest BCUT2D eigenvalue weighted by molar-refractivity contribution is -0.309. The molecule has 3 saturated heterocycles. The number of carbonyl (C=O) groups is 1. The third-order valence-corrected chi connectivity index (χ3v) is 10.3. The van der Waals surface area contributed by atoms with Crippen LogP contribution in [0.2, 0.25) is 0 Å². The summed E-state index contributed by atoms with van der Waals surface area (Å²) in [5.74, 6) is -1.80. The number of aliphatic hydroxyl groups excluding tert-OH is 2. The largest absolute Gasteiger partial charge is 0.466 e. The maximum atomic E-state index is 13.5. The average molecular weight is 537 g/mol. The lowest BCUT2D eigenvalue weighted by atomic mass is 9.55. The molecule has 0 aromatic rings. The zero-order valence-corrected chi connectivity index (χ0v) is 22.5. The fourth-order valence-electron chi connectivity index (χ4n) is 7.85. The number of carbonyl (C=O) groups excluding carboxylic acids is 1. The third-order valence-electron chi connectivity index (χ3n) is 10.3. The minimum atomic E-state index is -1.48. The number of hydrogen-bond donors (Lipinski definition) is 3. The predicted molar refractivity (Wildman–Crippen MR) is 131 cm³/mol. The molecular weight excluding hydrogens is 496 g/mol. The Hall–Kier alpha value is -1.53. The van der Waals surface area contributed by atoms with Gasteiger partial charge in [-0.15, -0.1) is 0 Å². The molecule has 4 aliphatic heterocycles. The van der Waals surface area contributed by atoms with E-state index in [2.05, 4.69) is 13.0 Å². The van der Waals surface area contributed by atoms with E-state index in [4.69, 9.17) is 28.4 Å². The summed E-state index contributed by atoms with van der Waals surface area (Å²) in [4.78, 5) is 13.5. The standard InChI is InChI=1S/C28H40O10/c1-14-21(29)23(33-4)22(30)25(36-14)37-17-9-10-26(2)15(11-17)5-7-18-19(26)8-6-16-12-34-27(3)28(16,32)20(13-35-27)38-24(18)31/h5,12,14,17-23,25,29-30,32H,6-11,13H2,1-4H3. The molecule has 2 aliphatic carbocycles. The zero-order chi connectivity index (χ0) is 27.0. The summed E-state index contributed by atoms with van der Waals surface area (Å²) in [6, 6.07) is 0. The van der Waals surface area contributed by atoms with Crippen LogP contribution in [0.25, 0.3) is 0 Å². The van der Waals surface area contributed by atoms with E-state index in [-0.39, 0.29) is 35.9 Å². The second-order valence-electron chi connectivity index (χ2n) is 12.2. The second-order valence-corrected chi connectivity index (χ2v) is 12.2. The first-order valence-corrected chi connectivity index (χ1v) is 13.9. The molecule has 1 saturated carbocycles. The molecular formula is C28H40O10. The van der Waals surface area contributed by atoms with Gasteiger partial charge in [-0.05, 0) is 56.8 Å². The molecule has 0 amide bonds. The van der Waals surface area contributed by atoms with Crippen LogP contribution in [0.4, 0.5) is 0 Å². The highest BCUT2D eigenvalue weighted by Crippen LogP contribution is 2.58. The Kier molecular flexibility index (Phi) is 6.50. The van der Waals surface area contributed by atoms with Gasteiger partial charge in [0.1, 0.15) is 18.3 Å². The summed E-state index contributed by atoms with van der Waals surface area (Å²) >= 11 is 0. The monoisotopic (exact) mass is 536 g/mol. The van der Waals surface area contributed by atoms with Crippen LogP contribution in [0, 0.1) is 17.3 Å². The Morgan fingerprint density at radius 1 is 1.13 bits per heavy atom. The highest BCUT2D eigenvalue weighted by molar-refractivity contribution is 5.74. The van der Waals surface area contributed by atoms with Crippen LogP contribution in [-0.4, -0.2) is 89.3 Å². The summed E-state index contributed by atoms with van der Waals surface area (Å²) < 4.78 is 34.8. The van der Waals surface area contributed by atoms with Crippen molar-refractivity contribution in [3.8, 4) is 0 Å². The highest BCUT2D eigenvalue weighted by Gasteiger charge is 2.68. The van der Waals surface area contributed by atoms with Gasteiger partial charge in [0, 0.05) is 19.6 Å². The molecule has 10 nitrogen and oxygen atoms in total. The smallest absolute Gasteiger partial charge is 0.310 e. The van der Waals surface area contributed by atoms with Gasteiger partial charge in [-0.2, -0.15) is 0 Å². The molecule has 6 rings (SSSR count). The van der Waals surface area contributed by atoms with Crippen LogP contribution in [0.1, 0.15) is 59.3 Å². The maximum absolute atomic E-state index is 13.5. The molecule has 12 unspecified atom stereocenters. The van der Waals surface area contributed by atoms with E-state index in [0.29, 0.717) is 19.3 Å². The summed E-state index contributed by atoms with van der Waals surface area (Å²) in [7, 11) is 1.46. The van der Waals surface area contributed by atoms with Crippen molar-refractivity contribution in [1.82, 2.24) is 0 Å². The third kappa shape index (κ3) is 3.75. The normalized spacial score (nSPS) is 52.2. The quantitative estimate of drug-likeness (QED) is 0.362. The van der Waals surface area contributed by atoms with Crippen LogP contribution < -0.4 is 0 Å². The maximum Gasteiger partial charge on any atom is 0.310 e. The van der Waals surface area contributed by atoms with Crippen molar-refractivity contribution in [3.05, 3.63) is 23.5 Å². The molecule has 12 atom stereocenters. The molecule has 0 spiro atoms. The molecule has 4 heterocycles. The van der Waals surface area contributed by atoms with Gasteiger partial charge in [-0.25, -0.2) is 0 Å². The van der Waals surface area contributed by atoms with E-state index < -0.39 is 48.2 Å². The molecule has 38 heavy (non-hydrogen) atoms. The summed E-state index contributed by atoms with van der Waals surface area (Å²) in [6.07, 6.45) is 2.61. The highest BCUT2D eigenvalue weighted by atomic mass is 16.7. The van der Waals surface area contributed by atoms with E-state index in [1.165, 1.54) is 12.7 Å². The van der Waals surface area contributed by atoms with Crippen molar-refractivity contribution in [1.29, 1.82) is 0 Å². The van der Waals surface area contributed by atoms with Crippen molar-refractivity contribution in [2.75, 3.05) is 13.7 Å². The number of esters is 1. The zero-order valence-electron chi connectivity index (χ0n) is 22.5. The first kappa shape index (κ1) is 26.7. The molecule has 4 fully saturated rings. The lowest BCUT2D eigenvalue weighted by Gasteiger charge is -2.51. The fraction of sp³-hybridized carbons (Fsp3) is 0.821. The van der Waals surface area contributed by atoms with Crippen LogP contribution in [0.15, 0.2) is 23.5 Å². The van der Waals surface area contributed by atoms with Crippen LogP contribution in [0.5, 0.6) is 0 Å². The first-order valence-electron chi connectivity index (χ1n) is 13.9. The van der Waals surface area contributed by atoms with Gasteiger partial charge < -0.3 is 43.7 Å². The van der Waals surface area contributed by atoms with Crippen LogP contribution in [-0.2, 0) is 33.2 Å². The van der Waals surface area contributed by atoms with Crippen molar-refractivity contribution < 1.29 is 48.5 Å². The molecule has 212 valence electrons. The number of aliphatic hydroxyl groups is 3. The summed E-state index contributed by atoms with van der Waals surface area (Å²) in [5, 5.41) is 32.6. The first-order chi connectivity index (χ1) is 18.0. The Labute approximate surface area is 222 Å². The van der Waals surface area contributed by atoms with E-state index in [1.807, 2.05) is 0 Å². The van der Waals surface area contributed by atoms with Gasteiger partial charge >= 0.3 is 5.97 Å². The number of ether oxygens (including phenoxy) is 6. The Morgan fingerprint density at radius 3 is 2.68 bits per heavy atom. The SMILES string of the molecule is COC1C(O)C(C)OC(OC2CCC3(C)C(=CCC4C(=O)OC5COC6(C)OC=C(CCC43)C56O)C2)C1O. The predicted octanol–water partition coefficient (Wildman–Crippen LogP) is 1.70. The molecule has 0 radical (unpaired) electrons. The number of rotatable bonds is 3. The summed E-state index contributed by atoms with van der Waals surface area (Å²) in [6.45, 7) is 5.76. The minimum absolute atomic E-state index is 0.0385. The molecule has 3 N–H and O–H groups in total. The Morgan fingerprint density at radius 2 is 1.92 bits per heavy atom. The number of fused-ring (bicyclic) bond motifs is 3. The Balaban J connectivity index is 1.20. The van der Waals surface area contributed by atoms with Crippen LogP contribution >= 0.6 is 0 Å². The number of methoxy groups -OCH3 is 1. The van der Waals surface area contributed by atoms with Gasteiger partial charge in [0.2, 0.25) is 5.79 Å². The van der Waals surface area contributed by atoms with Crippen molar-refractivity contribution in [3.63, 3.8) is 0 Å². The second kappa shape index (κ2) is 9.26. The van der Waals surface area contributed by atoms with E-state index in [9.17, 15) is 20.1 Å². The fourth-order valence-corrected chi connectivity index (χ4v) is 7.85. The molecule has 0 aromatic carbocycles. The van der Waals surface area contributed by atoms with Crippen molar-refractivity contribution in [2.45, 2.75) is 114 Å². The van der Waals surface area contributed by atoms with Gasteiger partial charge in [0.25, 0.3) is 0 Å². The van der Waals surface area contributed by atoms with Crippen molar-refractivity contribution >= 4 is 5.97 Å². The van der Waals surface area contributed by atoms with Crippen molar-refractivity contribution in [2.24, 2.45) is 17.3 Å². The number of hydrogen-bond acceptors (Lipinski definition) is 10. The van der Waals surface area contributed by atoms with E-state index in [1.54, 1.807) is 20.1 Å².